The van der Waals surface area contributed by atoms with Crippen LogP contribution in [0.2, 0.25) is 0 Å². The van der Waals surface area contributed by atoms with E-state index in [1.807, 2.05) is 0 Å². The largest absolute Gasteiger partial charge is 0.478 e. The number of aromatic nitrogens is 2. The Hall–Kier alpha value is -1.85. The molecule has 6 nitrogen and oxygen atoms in total. The summed E-state index contributed by atoms with van der Waals surface area (Å²) < 4.78 is 2.89. The van der Waals surface area contributed by atoms with Gasteiger partial charge in [-0.1, -0.05) is 0 Å². The zero-order valence-electron chi connectivity index (χ0n) is 8.49. The maximum absolute atomic E-state index is 10.7. The summed E-state index contributed by atoms with van der Waals surface area (Å²) in [6.07, 6.45) is 4.55. The molecule has 0 saturated carbocycles. The molecule has 0 unspecified atom stereocenters. The summed E-state index contributed by atoms with van der Waals surface area (Å²) in [4.78, 5) is 21.3. The molecule has 1 rings (SSSR count). The van der Waals surface area contributed by atoms with Crippen LogP contribution in [0.25, 0.3) is 0 Å². The summed E-state index contributed by atoms with van der Waals surface area (Å²) in [7, 11) is 0. The standard InChI is InChI=1S/C9H12N2O4/c1-6(8(12)13)10-3-4-11(5-10)7(2)9(14)15/h3-7H,1-2H3,(H-,12,13,14,15)/p+1/t6-,7+. The van der Waals surface area contributed by atoms with E-state index in [1.54, 1.807) is 0 Å². The van der Waals surface area contributed by atoms with Gasteiger partial charge in [-0.05, 0) is 13.8 Å². The topological polar surface area (TPSA) is 83.4 Å². The summed E-state index contributed by atoms with van der Waals surface area (Å²) in [6.45, 7) is 3.05. The second-order valence-electron chi connectivity index (χ2n) is 3.34. The lowest BCUT2D eigenvalue weighted by Crippen LogP contribution is -2.40. The second kappa shape index (κ2) is 4.12. The van der Waals surface area contributed by atoms with Crippen LogP contribution in [0.15, 0.2) is 18.7 Å². The van der Waals surface area contributed by atoms with Gasteiger partial charge in [0, 0.05) is 0 Å². The normalized spacial score (nSPS) is 14.5. The van der Waals surface area contributed by atoms with Gasteiger partial charge in [-0.2, -0.15) is 0 Å². The molecule has 6 heteroatoms. The minimum absolute atomic E-state index is 0.702. The molecule has 2 atom stereocenters. The average molecular weight is 213 g/mol. The molecule has 0 aliphatic carbocycles. The van der Waals surface area contributed by atoms with E-state index >= 15 is 0 Å². The van der Waals surface area contributed by atoms with E-state index in [0.29, 0.717) is 0 Å². The molecular weight excluding hydrogens is 200 g/mol. The number of aliphatic carboxylic acids is 2. The highest BCUT2D eigenvalue weighted by Crippen LogP contribution is 2.04. The van der Waals surface area contributed by atoms with E-state index in [0.717, 1.165) is 0 Å². The van der Waals surface area contributed by atoms with Gasteiger partial charge in [-0.25, -0.2) is 18.7 Å². The maximum atomic E-state index is 10.7. The van der Waals surface area contributed by atoms with Crippen molar-refractivity contribution in [3.05, 3.63) is 18.7 Å². The van der Waals surface area contributed by atoms with Crippen molar-refractivity contribution in [2.75, 3.05) is 0 Å². The highest BCUT2D eigenvalue weighted by Gasteiger charge is 2.23. The van der Waals surface area contributed by atoms with Crippen molar-refractivity contribution >= 4 is 11.9 Å². The smallest absolute Gasteiger partial charge is 0.349 e. The average Bonchev–Trinajstić information content (AvgIpc) is 2.63. The molecule has 0 aliphatic heterocycles. The van der Waals surface area contributed by atoms with Crippen LogP contribution in [0.5, 0.6) is 0 Å². The third-order valence-electron chi connectivity index (χ3n) is 2.29. The Balaban J connectivity index is 2.89. The van der Waals surface area contributed by atoms with Crippen molar-refractivity contribution in [2.45, 2.75) is 25.9 Å². The predicted octanol–water partition coefficient (Wildman–Crippen LogP) is 0.0668. The SMILES string of the molecule is C[C@H](C(=O)O)n1cc[n+]([C@@H](C)C(=O)O)c1. The lowest BCUT2D eigenvalue weighted by atomic mass is 10.3. The van der Waals surface area contributed by atoms with Gasteiger partial charge in [0.1, 0.15) is 12.4 Å². The van der Waals surface area contributed by atoms with Gasteiger partial charge in [0.05, 0.1) is 0 Å². The summed E-state index contributed by atoms with van der Waals surface area (Å²) in [5, 5.41) is 17.5. The number of hydrogen-bond donors (Lipinski definition) is 2. The van der Waals surface area contributed by atoms with Crippen molar-refractivity contribution in [3.63, 3.8) is 0 Å². The molecule has 0 amide bonds. The van der Waals surface area contributed by atoms with Crippen LogP contribution in [0.1, 0.15) is 25.9 Å². The Morgan fingerprint density at radius 3 is 2.33 bits per heavy atom. The van der Waals surface area contributed by atoms with Gasteiger partial charge >= 0.3 is 11.9 Å². The van der Waals surface area contributed by atoms with Crippen LogP contribution < -0.4 is 4.57 Å². The fourth-order valence-corrected chi connectivity index (χ4v) is 1.10. The van der Waals surface area contributed by atoms with Crippen molar-refractivity contribution in [1.29, 1.82) is 0 Å². The van der Waals surface area contributed by atoms with Crippen molar-refractivity contribution < 1.29 is 24.4 Å². The van der Waals surface area contributed by atoms with E-state index in [9.17, 15) is 9.59 Å². The van der Waals surface area contributed by atoms with Gasteiger partial charge in [0.2, 0.25) is 6.33 Å². The van der Waals surface area contributed by atoms with Crippen molar-refractivity contribution in [2.24, 2.45) is 0 Å². The van der Waals surface area contributed by atoms with Crippen LogP contribution in [0, 0.1) is 0 Å². The highest BCUT2D eigenvalue weighted by atomic mass is 16.4. The third-order valence-corrected chi connectivity index (χ3v) is 2.29. The Morgan fingerprint density at radius 2 is 1.87 bits per heavy atom. The van der Waals surface area contributed by atoms with Crippen LogP contribution in [0.4, 0.5) is 0 Å². The minimum atomic E-state index is -0.958. The molecule has 82 valence electrons. The lowest BCUT2D eigenvalue weighted by molar-refractivity contribution is -0.707. The highest BCUT2D eigenvalue weighted by molar-refractivity contribution is 5.71. The number of carboxylic acid groups (broad SMARTS) is 2. The van der Waals surface area contributed by atoms with E-state index in [-0.39, 0.29) is 0 Å². The Labute approximate surface area is 86.4 Å². The zero-order valence-corrected chi connectivity index (χ0v) is 8.49. The number of rotatable bonds is 4. The summed E-state index contributed by atoms with van der Waals surface area (Å²) in [5.74, 6) is -1.92. The van der Waals surface area contributed by atoms with E-state index < -0.39 is 24.0 Å². The number of imidazole rings is 1. The monoisotopic (exact) mass is 213 g/mol. The molecule has 0 aromatic carbocycles. The lowest BCUT2D eigenvalue weighted by Gasteiger charge is -2.02. The molecule has 0 radical (unpaired) electrons. The first-order valence-corrected chi connectivity index (χ1v) is 4.47. The molecule has 2 N–H and O–H groups in total. The van der Waals surface area contributed by atoms with Gasteiger partial charge in [-0.3, -0.25) is 0 Å². The molecule has 0 spiro atoms. The minimum Gasteiger partial charge on any atom is -0.478 e. The van der Waals surface area contributed by atoms with Crippen LogP contribution in [-0.4, -0.2) is 26.7 Å². The zero-order chi connectivity index (χ0) is 11.6. The van der Waals surface area contributed by atoms with Crippen LogP contribution in [-0.2, 0) is 9.59 Å². The molecule has 1 aromatic rings. The molecule has 0 fully saturated rings. The summed E-state index contributed by atoms with van der Waals surface area (Å²) >= 11 is 0. The first-order chi connectivity index (χ1) is 6.93. The fraction of sp³-hybridized carbons (Fsp3) is 0.444. The van der Waals surface area contributed by atoms with E-state index in [4.69, 9.17) is 10.2 Å². The van der Waals surface area contributed by atoms with E-state index in [1.165, 1.54) is 41.7 Å². The molecule has 1 aromatic heterocycles. The quantitative estimate of drug-likeness (QED) is 0.693. The number of hydrogen-bond acceptors (Lipinski definition) is 2. The first kappa shape index (κ1) is 11.2. The number of nitrogens with zero attached hydrogens (tertiary/aromatic N) is 2. The van der Waals surface area contributed by atoms with Crippen LogP contribution >= 0.6 is 0 Å². The third kappa shape index (κ3) is 2.34. The van der Waals surface area contributed by atoms with Gasteiger partial charge in [-0.15, -0.1) is 0 Å². The Bertz CT molecular complexity index is 351. The van der Waals surface area contributed by atoms with Gasteiger partial charge < -0.3 is 10.2 Å². The first-order valence-electron chi connectivity index (χ1n) is 4.47. The number of carboxylic acids is 2. The van der Waals surface area contributed by atoms with E-state index in [2.05, 4.69) is 0 Å². The Morgan fingerprint density at radius 1 is 1.27 bits per heavy atom. The molecule has 0 bridgehead atoms. The summed E-state index contributed by atoms with van der Waals surface area (Å²) in [5.41, 5.74) is 0. The van der Waals surface area contributed by atoms with Gasteiger partial charge in [0.25, 0.3) is 0 Å². The number of carbonyl (C=O) groups is 2. The van der Waals surface area contributed by atoms with Gasteiger partial charge in [0.15, 0.2) is 12.1 Å². The molecular formula is C9H13N2O4+. The molecule has 0 saturated heterocycles. The predicted molar refractivity (Wildman–Crippen MR) is 49.3 cm³/mol. The molecule has 0 aliphatic rings. The van der Waals surface area contributed by atoms with Crippen molar-refractivity contribution in [1.82, 2.24) is 4.57 Å². The molecule has 15 heavy (non-hydrogen) atoms. The van der Waals surface area contributed by atoms with Crippen molar-refractivity contribution in [3.8, 4) is 0 Å². The maximum Gasteiger partial charge on any atom is 0.349 e. The second-order valence-corrected chi connectivity index (χ2v) is 3.34. The molecule has 1 heterocycles. The summed E-state index contributed by atoms with van der Waals surface area (Å²) in [6, 6.07) is -1.40. The van der Waals surface area contributed by atoms with Crippen LogP contribution in [0.3, 0.4) is 0 Å². The fourth-order valence-electron chi connectivity index (χ4n) is 1.10. The Kier molecular flexibility index (Phi) is 3.08.